The Balaban J connectivity index is 0.00000420. The summed E-state index contributed by atoms with van der Waals surface area (Å²) >= 11 is 0. The molecule has 8 heteroatoms. The Morgan fingerprint density at radius 1 is 1.24 bits per heavy atom. The summed E-state index contributed by atoms with van der Waals surface area (Å²) in [6.45, 7) is 13.7. The topological polar surface area (TPSA) is 71.3 Å². The van der Waals surface area contributed by atoms with Gasteiger partial charge in [0.2, 0.25) is 0 Å². The number of halogens is 1. The van der Waals surface area contributed by atoms with Gasteiger partial charge < -0.3 is 24.5 Å². The van der Waals surface area contributed by atoms with Crippen LogP contribution in [0.3, 0.4) is 0 Å². The zero-order valence-corrected chi connectivity index (χ0v) is 20.7. The molecule has 2 heterocycles. The van der Waals surface area contributed by atoms with E-state index in [-0.39, 0.29) is 35.5 Å². The SMILES string of the molecule is COC(CN=C(NCCCN1CCOCC1)NCCc1ccco1)C(C)(C)C.I. The Hall–Kier alpha value is -0.840. The van der Waals surface area contributed by atoms with Crippen molar-refractivity contribution in [3.8, 4) is 0 Å². The average molecular weight is 522 g/mol. The molecule has 1 aliphatic heterocycles. The molecule has 1 fully saturated rings. The summed E-state index contributed by atoms with van der Waals surface area (Å²) in [7, 11) is 1.76. The van der Waals surface area contributed by atoms with E-state index >= 15 is 0 Å². The molecular formula is C21H39IN4O3. The van der Waals surface area contributed by atoms with Crippen LogP contribution in [0.15, 0.2) is 27.8 Å². The first-order chi connectivity index (χ1) is 13.5. The molecule has 1 saturated heterocycles. The lowest BCUT2D eigenvalue weighted by atomic mass is 9.89. The molecule has 1 atom stereocenters. The van der Waals surface area contributed by atoms with Crippen molar-refractivity contribution >= 4 is 29.9 Å². The zero-order chi connectivity index (χ0) is 20.2. The van der Waals surface area contributed by atoms with Gasteiger partial charge in [-0.2, -0.15) is 0 Å². The number of ether oxygens (including phenoxy) is 2. The Kier molecular flexibility index (Phi) is 12.8. The van der Waals surface area contributed by atoms with Crippen molar-refractivity contribution in [2.75, 3.05) is 59.6 Å². The number of hydrogen-bond donors (Lipinski definition) is 2. The number of guanidine groups is 1. The number of hydrogen-bond acceptors (Lipinski definition) is 5. The molecule has 0 saturated carbocycles. The van der Waals surface area contributed by atoms with Crippen LogP contribution in [0.4, 0.5) is 0 Å². The third-order valence-electron chi connectivity index (χ3n) is 4.96. The molecule has 0 spiro atoms. The van der Waals surface area contributed by atoms with Gasteiger partial charge in [0.1, 0.15) is 5.76 Å². The summed E-state index contributed by atoms with van der Waals surface area (Å²) < 4.78 is 16.4. The van der Waals surface area contributed by atoms with Gasteiger partial charge in [0.05, 0.1) is 32.1 Å². The highest BCUT2D eigenvalue weighted by molar-refractivity contribution is 14.0. The number of morpholine rings is 1. The monoisotopic (exact) mass is 522 g/mol. The number of methoxy groups -OCH3 is 1. The van der Waals surface area contributed by atoms with Gasteiger partial charge in [0.25, 0.3) is 0 Å². The van der Waals surface area contributed by atoms with Gasteiger partial charge in [-0.05, 0) is 30.5 Å². The Morgan fingerprint density at radius 3 is 2.59 bits per heavy atom. The molecule has 1 aromatic rings. The van der Waals surface area contributed by atoms with E-state index in [2.05, 4.69) is 36.3 Å². The van der Waals surface area contributed by atoms with Crippen molar-refractivity contribution in [3.05, 3.63) is 24.2 Å². The highest BCUT2D eigenvalue weighted by Crippen LogP contribution is 2.21. The highest BCUT2D eigenvalue weighted by atomic mass is 127. The summed E-state index contributed by atoms with van der Waals surface area (Å²) in [5, 5.41) is 6.88. The largest absolute Gasteiger partial charge is 0.469 e. The predicted molar refractivity (Wildman–Crippen MR) is 128 cm³/mol. The van der Waals surface area contributed by atoms with Crippen LogP contribution in [0, 0.1) is 5.41 Å². The van der Waals surface area contributed by atoms with Crippen LogP contribution in [0.5, 0.6) is 0 Å². The van der Waals surface area contributed by atoms with Crippen molar-refractivity contribution < 1.29 is 13.9 Å². The first-order valence-electron chi connectivity index (χ1n) is 10.4. The predicted octanol–water partition coefficient (Wildman–Crippen LogP) is 2.76. The quantitative estimate of drug-likeness (QED) is 0.213. The second-order valence-electron chi connectivity index (χ2n) is 8.27. The Labute approximate surface area is 193 Å². The summed E-state index contributed by atoms with van der Waals surface area (Å²) in [5.41, 5.74) is 0.0495. The van der Waals surface area contributed by atoms with E-state index in [4.69, 9.17) is 18.9 Å². The molecule has 0 radical (unpaired) electrons. The number of nitrogens with one attached hydrogen (secondary N) is 2. The van der Waals surface area contributed by atoms with Gasteiger partial charge in [-0.3, -0.25) is 9.89 Å². The normalized spacial score (nSPS) is 16.9. The van der Waals surface area contributed by atoms with Gasteiger partial charge >= 0.3 is 0 Å². The minimum atomic E-state index is 0. The molecule has 2 rings (SSSR count). The number of nitrogens with zero attached hydrogens (tertiary/aromatic N) is 2. The van der Waals surface area contributed by atoms with Crippen LogP contribution in [0.1, 0.15) is 33.0 Å². The fraction of sp³-hybridized carbons (Fsp3) is 0.762. The van der Waals surface area contributed by atoms with E-state index in [0.29, 0.717) is 6.54 Å². The van der Waals surface area contributed by atoms with Gasteiger partial charge in [0.15, 0.2) is 5.96 Å². The zero-order valence-electron chi connectivity index (χ0n) is 18.4. The minimum absolute atomic E-state index is 0. The lowest BCUT2D eigenvalue weighted by Gasteiger charge is -2.28. The van der Waals surface area contributed by atoms with E-state index < -0.39 is 0 Å². The second kappa shape index (κ2) is 14.2. The van der Waals surface area contributed by atoms with Gasteiger partial charge in [-0.1, -0.05) is 20.8 Å². The first-order valence-corrected chi connectivity index (χ1v) is 10.4. The Bertz CT molecular complexity index is 555. The summed E-state index contributed by atoms with van der Waals surface area (Å²) in [5.74, 6) is 1.81. The molecule has 1 aromatic heterocycles. The van der Waals surface area contributed by atoms with Crippen LogP contribution in [-0.2, 0) is 15.9 Å². The first kappa shape index (κ1) is 26.2. The molecule has 2 N–H and O–H groups in total. The van der Waals surface area contributed by atoms with Crippen molar-refractivity contribution in [1.29, 1.82) is 0 Å². The van der Waals surface area contributed by atoms with Crippen molar-refractivity contribution in [2.24, 2.45) is 10.4 Å². The van der Waals surface area contributed by atoms with Gasteiger partial charge in [-0.15, -0.1) is 24.0 Å². The van der Waals surface area contributed by atoms with Crippen LogP contribution < -0.4 is 10.6 Å². The molecule has 168 valence electrons. The van der Waals surface area contributed by atoms with Crippen LogP contribution in [-0.4, -0.2) is 76.6 Å². The molecular weight excluding hydrogens is 483 g/mol. The van der Waals surface area contributed by atoms with E-state index in [0.717, 1.165) is 70.5 Å². The number of aliphatic imine (C=N–C) groups is 1. The maximum atomic E-state index is 5.64. The molecule has 29 heavy (non-hydrogen) atoms. The number of furan rings is 1. The molecule has 1 unspecified atom stereocenters. The maximum Gasteiger partial charge on any atom is 0.191 e. The standard InChI is InChI=1S/C21H38N4O3.HI/c1-21(2,3)19(26-4)17-24-20(23-10-8-18-7-5-14-28-18)22-9-6-11-25-12-15-27-16-13-25;/h5,7,14,19H,6,8-13,15-17H2,1-4H3,(H2,22,23,24);1H. The van der Waals surface area contributed by atoms with Crippen molar-refractivity contribution in [2.45, 2.75) is 39.7 Å². The smallest absolute Gasteiger partial charge is 0.191 e. The van der Waals surface area contributed by atoms with Crippen LogP contribution in [0.2, 0.25) is 0 Å². The maximum absolute atomic E-state index is 5.64. The lowest BCUT2D eigenvalue weighted by molar-refractivity contribution is 0.0241. The molecule has 0 amide bonds. The molecule has 0 aromatic carbocycles. The summed E-state index contributed by atoms with van der Waals surface area (Å²) in [6.07, 6.45) is 3.69. The third-order valence-corrected chi connectivity index (χ3v) is 4.96. The average Bonchev–Trinajstić information content (AvgIpc) is 3.18. The van der Waals surface area contributed by atoms with Crippen LogP contribution in [0.25, 0.3) is 0 Å². The summed E-state index contributed by atoms with van der Waals surface area (Å²) in [6, 6.07) is 3.91. The number of rotatable bonds is 10. The van der Waals surface area contributed by atoms with E-state index in [1.807, 2.05) is 12.1 Å². The summed E-state index contributed by atoms with van der Waals surface area (Å²) in [4.78, 5) is 7.22. The van der Waals surface area contributed by atoms with E-state index in [1.165, 1.54) is 0 Å². The molecule has 0 bridgehead atoms. The van der Waals surface area contributed by atoms with E-state index in [9.17, 15) is 0 Å². The van der Waals surface area contributed by atoms with Crippen LogP contribution >= 0.6 is 24.0 Å². The van der Waals surface area contributed by atoms with Crippen molar-refractivity contribution in [1.82, 2.24) is 15.5 Å². The fourth-order valence-electron chi connectivity index (χ4n) is 3.14. The Morgan fingerprint density at radius 2 is 1.97 bits per heavy atom. The highest BCUT2D eigenvalue weighted by Gasteiger charge is 2.24. The molecule has 1 aliphatic rings. The lowest BCUT2D eigenvalue weighted by Crippen LogP contribution is -2.42. The van der Waals surface area contributed by atoms with E-state index in [1.54, 1.807) is 13.4 Å². The van der Waals surface area contributed by atoms with Gasteiger partial charge in [0, 0.05) is 39.7 Å². The molecule has 0 aliphatic carbocycles. The third kappa shape index (κ3) is 10.7. The minimum Gasteiger partial charge on any atom is -0.469 e. The van der Waals surface area contributed by atoms with Gasteiger partial charge in [-0.25, -0.2) is 0 Å². The van der Waals surface area contributed by atoms with Crippen molar-refractivity contribution in [3.63, 3.8) is 0 Å². The molecule has 7 nitrogen and oxygen atoms in total. The fourth-order valence-corrected chi connectivity index (χ4v) is 3.14. The second-order valence-corrected chi connectivity index (χ2v) is 8.27.